The Morgan fingerprint density at radius 2 is 1.79 bits per heavy atom. The summed E-state index contributed by atoms with van der Waals surface area (Å²) in [4.78, 5) is 23.8. The lowest BCUT2D eigenvalue weighted by atomic mass is 10.1. The van der Waals surface area contributed by atoms with E-state index in [9.17, 15) is 9.18 Å². The van der Waals surface area contributed by atoms with Gasteiger partial charge in [-0.3, -0.25) is 4.79 Å². The first-order valence-electron chi connectivity index (χ1n) is 8.81. The summed E-state index contributed by atoms with van der Waals surface area (Å²) in [6.45, 7) is 2.03. The third-order valence-electron chi connectivity index (χ3n) is 4.48. The fourth-order valence-electron chi connectivity index (χ4n) is 2.94. The largest absolute Gasteiger partial charge is 0.363 e. The molecule has 1 atom stereocenters. The molecule has 0 aliphatic rings. The number of carbonyl (C=O) groups is 1. The number of hydrogen-bond donors (Lipinski definition) is 3. The minimum Gasteiger partial charge on any atom is -0.363 e. The van der Waals surface area contributed by atoms with Crippen molar-refractivity contribution < 1.29 is 9.18 Å². The zero-order valence-corrected chi connectivity index (χ0v) is 15.1. The Morgan fingerprint density at radius 1 is 1.04 bits per heavy atom. The number of aromatic nitrogens is 3. The van der Waals surface area contributed by atoms with Crippen LogP contribution in [0.25, 0.3) is 11.0 Å². The van der Waals surface area contributed by atoms with Crippen molar-refractivity contribution in [3.8, 4) is 0 Å². The van der Waals surface area contributed by atoms with E-state index in [0.717, 1.165) is 22.4 Å². The van der Waals surface area contributed by atoms with Crippen molar-refractivity contribution in [1.29, 1.82) is 0 Å². The van der Waals surface area contributed by atoms with Crippen molar-refractivity contribution in [2.24, 2.45) is 0 Å². The summed E-state index contributed by atoms with van der Waals surface area (Å²) >= 11 is 0. The van der Waals surface area contributed by atoms with E-state index in [1.54, 1.807) is 0 Å². The van der Waals surface area contributed by atoms with Gasteiger partial charge in [-0.1, -0.05) is 12.1 Å². The first-order chi connectivity index (χ1) is 13.6. The Hall–Kier alpha value is -3.74. The summed E-state index contributed by atoms with van der Waals surface area (Å²) in [7, 11) is 0. The fourth-order valence-corrected chi connectivity index (χ4v) is 2.94. The highest BCUT2D eigenvalue weighted by molar-refractivity contribution is 6.04. The zero-order valence-electron chi connectivity index (χ0n) is 15.1. The standard InChI is InChI=1S/C21H18FN5O/c1-13(26-20-18-10-11-23-19(18)24-12-25-20)14-4-8-17(9-5-14)27-21(28)15-2-6-16(22)7-3-15/h2-13H,1H3,(H,27,28)(H2,23,24,25,26)/t13-/m1/s1. The molecular weight excluding hydrogens is 357 g/mol. The number of anilines is 2. The number of H-pyrrole nitrogens is 1. The van der Waals surface area contributed by atoms with Gasteiger partial charge in [0.2, 0.25) is 0 Å². The van der Waals surface area contributed by atoms with Crippen LogP contribution in [0.4, 0.5) is 15.9 Å². The van der Waals surface area contributed by atoms with Crippen LogP contribution in [0.5, 0.6) is 0 Å². The van der Waals surface area contributed by atoms with Gasteiger partial charge in [0.15, 0.2) is 0 Å². The summed E-state index contributed by atoms with van der Waals surface area (Å²) in [5, 5.41) is 7.12. The van der Waals surface area contributed by atoms with Crippen molar-refractivity contribution in [3.05, 3.63) is 84.1 Å². The van der Waals surface area contributed by atoms with Crippen LogP contribution in [0.1, 0.15) is 28.9 Å². The fraction of sp³-hybridized carbons (Fsp3) is 0.0952. The van der Waals surface area contributed by atoms with Gasteiger partial charge >= 0.3 is 0 Å². The second kappa shape index (κ2) is 7.48. The van der Waals surface area contributed by atoms with Crippen LogP contribution in [0, 0.1) is 5.82 Å². The van der Waals surface area contributed by atoms with Crippen LogP contribution in [0.2, 0.25) is 0 Å². The monoisotopic (exact) mass is 375 g/mol. The molecule has 7 heteroatoms. The molecule has 0 fully saturated rings. The maximum atomic E-state index is 13.0. The van der Waals surface area contributed by atoms with E-state index < -0.39 is 0 Å². The lowest BCUT2D eigenvalue weighted by molar-refractivity contribution is 0.102. The number of carbonyl (C=O) groups excluding carboxylic acids is 1. The molecule has 0 bridgehead atoms. The highest BCUT2D eigenvalue weighted by Crippen LogP contribution is 2.24. The zero-order chi connectivity index (χ0) is 19.5. The number of fused-ring (bicyclic) bond motifs is 1. The number of nitrogens with zero attached hydrogens (tertiary/aromatic N) is 2. The second-order valence-electron chi connectivity index (χ2n) is 6.41. The first kappa shape index (κ1) is 17.7. The van der Waals surface area contributed by atoms with Gasteiger partial charge in [0, 0.05) is 23.5 Å². The summed E-state index contributed by atoms with van der Waals surface area (Å²) < 4.78 is 13.0. The number of hydrogen-bond acceptors (Lipinski definition) is 4. The predicted molar refractivity (Wildman–Crippen MR) is 107 cm³/mol. The van der Waals surface area contributed by atoms with E-state index in [1.165, 1.54) is 30.6 Å². The average molecular weight is 375 g/mol. The van der Waals surface area contributed by atoms with Crippen molar-refractivity contribution >= 4 is 28.4 Å². The molecule has 3 N–H and O–H groups in total. The predicted octanol–water partition coefficient (Wildman–Crippen LogP) is 4.52. The minimum atomic E-state index is -0.372. The van der Waals surface area contributed by atoms with Gasteiger partial charge < -0.3 is 15.6 Å². The molecule has 4 aromatic rings. The number of halogens is 1. The maximum Gasteiger partial charge on any atom is 0.255 e. The van der Waals surface area contributed by atoms with Crippen molar-refractivity contribution in [2.45, 2.75) is 13.0 Å². The smallest absolute Gasteiger partial charge is 0.255 e. The molecular formula is C21H18FN5O. The molecule has 2 aromatic heterocycles. The number of nitrogens with one attached hydrogen (secondary N) is 3. The Bertz CT molecular complexity index is 1110. The lowest BCUT2D eigenvalue weighted by Gasteiger charge is -2.16. The third kappa shape index (κ3) is 3.68. The Balaban J connectivity index is 1.44. The summed E-state index contributed by atoms with van der Waals surface area (Å²) in [5.74, 6) is 0.102. The molecule has 0 spiro atoms. The van der Waals surface area contributed by atoms with Crippen LogP contribution < -0.4 is 10.6 Å². The van der Waals surface area contributed by atoms with Crippen molar-refractivity contribution in [3.63, 3.8) is 0 Å². The molecule has 4 rings (SSSR count). The van der Waals surface area contributed by atoms with Crippen molar-refractivity contribution in [1.82, 2.24) is 15.0 Å². The van der Waals surface area contributed by atoms with Gasteiger partial charge in [0.25, 0.3) is 5.91 Å². The maximum absolute atomic E-state index is 13.0. The van der Waals surface area contributed by atoms with Crippen LogP contribution in [-0.4, -0.2) is 20.9 Å². The molecule has 28 heavy (non-hydrogen) atoms. The molecule has 1 amide bonds. The van der Waals surface area contributed by atoms with Gasteiger partial charge in [-0.05, 0) is 55.0 Å². The van der Waals surface area contributed by atoms with E-state index in [-0.39, 0.29) is 17.8 Å². The van der Waals surface area contributed by atoms with Gasteiger partial charge in [-0.15, -0.1) is 0 Å². The molecule has 140 valence electrons. The summed E-state index contributed by atoms with van der Waals surface area (Å²) in [5.41, 5.74) is 2.89. The highest BCUT2D eigenvalue weighted by atomic mass is 19.1. The molecule has 0 saturated heterocycles. The number of rotatable bonds is 5. The van der Waals surface area contributed by atoms with Crippen LogP contribution in [-0.2, 0) is 0 Å². The SMILES string of the molecule is C[C@@H](Nc1ncnc2[nH]ccc12)c1ccc(NC(=O)c2ccc(F)cc2)cc1. The van der Waals surface area contributed by atoms with Crippen LogP contribution in [0.15, 0.2) is 67.1 Å². The molecule has 0 aliphatic carbocycles. The second-order valence-corrected chi connectivity index (χ2v) is 6.41. The van der Waals surface area contributed by atoms with Crippen LogP contribution in [0.3, 0.4) is 0 Å². The number of amides is 1. The van der Waals surface area contributed by atoms with E-state index >= 15 is 0 Å². The lowest BCUT2D eigenvalue weighted by Crippen LogP contribution is -2.12. The van der Waals surface area contributed by atoms with Gasteiger partial charge in [-0.2, -0.15) is 0 Å². The molecule has 2 heterocycles. The normalized spacial score (nSPS) is 11.9. The number of benzene rings is 2. The van der Waals surface area contributed by atoms with E-state index in [2.05, 4.69) is 25.6 Å². The Labute approximate surface area is 160 Å². The Kier molecular flexibility index (Phi) is 4.72. The highest BCUT2D eigenvalue weighted by Gasteiger charge is 2.11. The van der Waals surface area contributed by atoms with Gasteiger partial charge in [0.1, 0.15) is 23.6 Å². The molecule has 0 unspecified atom stereocenters. The first-order valence-corrected chi connectivity index (χ1v) is 8.81. The third-order valence-corrected chi connectivity index (χ3v) is 4.48. The Morgan fingerprint density at radius 3 is 2.54 bits per heavy atom. The molecule has 6 nitrogen and oxygen atoms in total. The van der Waals surface area contributed by atoms with E-state index in [0.29, 0.717) is 11.3 Å². The van der Waals surface area contributed by atoms with Gasteiger partial charge in [0.05, 0.1) is 5.39 Å². The summed E-state index contributed by atoms with van der Waals surface area (Å²) in [6.07, 6.45) is 3.34. The van der Waals surface area contributed by atoms with E-state index in [4.69, 9.17) is 0 Å². The average Bonchev–Trinajstić information content (AvgIpc) is 3.19. The quantitative estimate of drug-likeness (QED) is 0.479. The topological polar surface area (TPSA) is 82.7 Å². The number of aromatic amines is 1. The van der Waals surface area contributed by atoms with Crippen molar-refractivity contribution in [2.75, 3.05) is 10.6 Å². The van der Waals surface area contributed by atoms with E-state index in [1.807, 2.05) is 43.5 Å². The van der Waals surface area contributed by atoms with Crippen LogP contribution >= 0.6 is 0 Å². The molecule has 0 saturated carbocycles. The molecule has 0 radical (unpaired) electrons. The minimum absolute atomic E-state index is 0.00912. The molecule has 2 aromatic carbocycles. The summed E-state index contributed by atoms with van der Waals surface area (Å²) in [6, 6.07) is 14.9. The molecule has 0 aliphatic heterocycles. The van der Waals surface area contributed by atoms with Gasteiger partial charge in [-0.25, -0.2) is 14.4 Å².